The number of rotatable bonds is 7. The second-order valence-electron chi connectivity index (χ2n) is 5.74. The minimum Gasteiger partial charge on any atom is -0.464 e. The topological polar surface area (TPSA) is 110 Å². The van der Waals surface area contributed by atoms with E-state index in [9.17, 15) is 9.59 Å². The number of benzene rings is 1. The number of carbonyl (C=O) groups excluding carboxylic acids is 2. The monoisotopic (exact) mass is 329 g/mol. The lowest BCUT2D eigenvalue weighted by atomic mass is 10.1. The number of carbonyl (C=O) groups is 2. The maximum Gasteiger partial charge on any atom is 0.328 e. The van der Waals surface area contributed by atoms with Crippen LogP contribution in [0.25, 0.3) is 0 Å². The molecule has 1 aromatic heterocycles. The maximum absolute atomic E-state index is 12.4. The summed E-state index contributed by atoms with van der Waals surface area (Å²) in [5.74, 6) is 0.141. The van der Waals surface area contributed by atoms with Crippen LogP contribution in [0, 0.1) is 5.92 Å². The van der Waals surface area contributed by atoms with Gasteiger partial charge in [-0.25, -0.2) is 4.79 Å². The van der Waals surface area contributed by atoms with Crippen molar-refractivity contribution in [3.63, 3.8) is 0 Å². The lowest BCUT2D eigenvalue weighted by Gasteiger charge is -2.16. The van der Waals surface area contributed by atoms with Crippen LogP contribution in [0.5, 0.6) is 0 Å². The van der Waals surface area contributed by atoms with Crippen LogP contribution in [-0.4, -0.2) is 45.1 Å². The van der Waals surface area contributed by atoms with E-state index in [1.54, 1.807) is 19.1 Å². The highest BCUT2D eigenvalue weighted by Gasteiger charge is 2.38. The van der Waals surface area contributed by atoms with Gasteiger partial charge < -0.3 is 10.1 Å². The molecule has 1 amide bonds. The molecule has 0 radical (unpaired) electrons. The number of nitrogens with one attached hydrogen (secondary N) is 2. The molecule has 0 bridgehead atoms. The van der Waals surface area contributed by atoms with Crippen LogP contribution in [0.4, 0.5) is 0 Å². The minimum absolute atomic E-state index is 0.186. The molecule has 1 aliphatic rings. The van der Waals surface area contributed by atoms with Crippen LogP contribution in [0.15, 0.2) is 24.3 Å². The first kappa shape index (κ1) is 16.1. The van der Waals surface area contributed by atoms with Crippen molar-refractivity contribution in [1.82, 2.24) is 25.9 Å². The number of aromatic amines is 1. The molecular formula is C16H19N5O3. The van der Waals surface area contributed by atoms with E-state index in [0.29, 0.717) is 24.4 Å². The molecule has 0 aliphatic heterocycles. The average Bonchev–Trinajstić information content (AvgIpc) is 3.30. The summed E-state index contributed by atoms with van der Waals surface area (Å²) in [5, 5.41) is 16.5. The SMILES string of the molecule is CCOC(=O)C(NC(=O)c1ccc(Cc2nn[nH]n2)cc1)C1CC1. The Labute approximate surface area is 139 Å². The molecule has 0 spiro atoms. The quantitative estimate of drug-likeness (QED) is 0.729. The number of aromatic nitrogens is 4. The Bertz CT molecular complexity index is 695. The highest BCUT2D eigenvalue weighted by atomic mass is 16.5. The molecule has 3 rings (SSSR count). The van der Waals surface area contributed by atoms with Gasteiger partial charge in [-0.1, -0.05) is 17.3 Å². The lowest BCUT2D eigenvalue weighted by molar-refractivity contribution is -0.146. The number of tetrazole rings is 1. The summed E-state index contributed by atoms with van der Waals surface area (Å²) in [6, 6.07) is 6.56. The predicted octanol–water partition coefficient (Wildman–Crippen LogP) is 0.862. The van der Waals surface area contributed by atoms with E-state index >= 15 is 0 Å². The van der Waals surface area contributed by atoms with Crippen LogP contribution in [0.3, 0.4) is 0 Å². The summed E-state index contributed by atoms with van der Waals surface area (Å²) in [6.07, 6.45) is 2.41. The Morgan fingerprint density at radius 2 is 2.08 bits per heavy atom. The Morgan fingerprint density at radius 1 is 1.33 bits per heavy atom. The number of hydrogen-bond acceptors (Lipinski definition) is 6. The van der Waals surface area contributed by atoms with Gasteiger partial charge in [-0.05, 0) is 43.4 Å². The smallest absolute Gasteiger partial charge is 0.328 e. The first-order valence-corrected chi connectivity index (χ1v) is 7.96. The Morgan fingerprint density at radius 3 is 2.67 bits per heavy atom. The maximum atomic E-state index is 12.4. The van der Waals surface area contributed by atoms with Gasteiger partial charge >= 0.3 is 5.97 Å². The van der Waals surface area contributed by atoms with Crippen molar-refractivity contribution >= 4 is 11.9 Å². The first-order chi connectivity index (χ1) is 11.7. The number of nitrogens with zero attached hydrogens (tertiary/aromatic N) is 3. The predicted molar refractivity (Wildman–Crippen MR) is 84.0 cm³/mol. The largest absolute Gasteiger partial charge is 0.464 e. The Balaban J connectivity index is 1.62. The molecule has 1 unspecified atom stereocenters. The zero-order valence-electron chi connectivity index (χ0n) is 13.4. The third kappa shape index (κ3) is 3.95. The van der Waals surface area contributed by atoms with E-state index in [4.69, 9.17) is 4.74 Å². The van der Waals surface area contributed by atoms with Crippen LogP contribution < -0.4 is 5.32 Å². The van der Waals surface area contributed by atoms with Gasteiger partial charge in [0.2, 0.25) is 0 Å². The van der Waals surface area contributed by atoms with Crippen LogP contribution >= 0.6 is 0 Å². The van der Waals surface area contributed by atoms with Gasteiger partial charge in [0, 0.05) is 12.0 Å². The van der Waals surface area contributed by atoms with E-state index in [1.165, 1.54) is 0 Å². The van der Waals surface area contributed by atoms with Gasteiger partial charge in [0.05, 0.1) is 6.61 Å². The number of H-pyrrole nitrogens is 1. The standard InChI is InChI=1S/C16H19N5O3/c1-2-24-16(23)14(11-7-8-11)17-15(22)12-5-3-10(4-6-12)9-13-18-20-21-19-13/h3-6,11,14H,2,7-9H2,1H3,(H,17,22)(H,18,19,20,21). The van der Waals surface area contributed by atoms with Gasteiger partial charge in [0.15, 0.2) is 5.82 Å². The molecule has 2 N–H and O–H groups in total. The van der Waals surface area contributed by atoms with Crippen LogP contribution in [-0.2, 0) is 16.0 Å². The molecule has 1 fully saturated rings. The molecule has 126 valence electrons. The van der Waals surface area contributed by atoms with Crippen molar-refractivity contribution < 1.29 is 14.3 Å². The van der Waals surface area contributed by atoms with E-state index in [2.05, 4.69) is 25.9 Å². The fourth-order valence-electron chi connectivity index (χ4n) is 2.47. The van der Waals surface area contributed by atoms with Crippen LogP contribution in [0.2, 0.25) is 0 Å². The second kappa shape index (κ2) is 7.20. The second-order valence-corrected chi connectivity index (χ2v) is 5.74. The molecule has 1 aliphatic carbocycles. The van der Waals surface area contributed by atoms with Crippen molar-refractivity contribution in [3.8, 4) is 0 Å². The molecule has 1 saturated carbocycles. The fraction of sp³-hybridized carbons (Fsp3) is 0.438. The van der Waals surface area contributed by atoms with Crippen molar-refractivity contribution in [1.29, 1.82) is 0 Å². The molecule has 2 aromatic rings. The molecule has 1 aromatic carbocycles. The third-order valence-electron chi connectivity index (χ3n) is 3.89. The zero-order chi connectivity index (χ0) is 16.9. The number of hydrogen-bond donors (Lipinski definition) is 2. The molecule has 8 nitrogen and oxygen atoms in total. The van der Waals surface area contributed by atoms with E-state index in [1.807, 2.05) is 12.1 Å². The van der Waals surface area contributed by atoms with Crippen LogP contribution in [0.1, 0.15) is 41.5 Å². The third-order valence-corrected chi connectivity index (χ3v) is 3.89. The van der Waals surface area contributed by atoms with Crippen molar-refractivity contribution in [2.24, 2.45) is 5.92 Å². The first-order valence-electron chi connectivity index (χ1n) is 7.96. The fourth-order valence-corrected chi connectivity index (χ4v) is 2.47. The highest BCUT2D eigenvalue weighted by molar-refractivity contribution is 5.97. The summed E-state index contributed by atoms with van der Waals surface area (Å²) >= 11 is 0. The number of amides is 1. The summed E-state index contributed by atoms with van der Waals surface area (Å²) in [6.45, 7) is 2.06. The van der Waals surface area contributed by atoms with Gasteiger partial charge in [0.1, 0.15) is 6.04 Å². The minimum atomic E-state index is -0.559. The van der Waals surface area contributed by atoms with Crippen molar-refractivity contribution in [3.05, 3.63) is 41.2 Å². The Hall–Kier alpha value is -2.77. The number of esters is 1. The average molecular weight is 329 g/mol. The van der Waals surface area contributed by atoms with E-state index in [-0.39, 0.29) is 17.8 Å². The number of ether oxygens (including phenoxy) is 1. The summed E-state index contributed by atoms with van der Waals surface area (Å²) < 4.78 is 5.04. The van der Waals surface area contributed by atoms with Crippen molar-refractivity contribution in [2.45, 2.75) is 32.2 Å². The zero-order valence-corrected chi connectivity index (χ0v) is 13.4. The Kier molecular flexibility index (Phi) is 4.83. The molecule has 8 heteroatoms. The van der Waals surface area contributed by atoms with Crippen molar-refractivity contribution in [2.75, 3.05) is 6.61 Å². The van der Waals surface area contributed by atoms with Gasteiger partial charge in [-0.3, -0.25) is 4.79 Å². The van der Waals surface area contributed by atoms with Gasteiger partial charge in [0.25, 0.3) is 5.91 Å². The summed E-state index contributed by atoms with van der Waals surface area (Å²) in [4.78, 5) is 24.3. The highest BCUT2D eigenvalue weighted by Crippen LogP contribution is 2.33. The van der Waals surface area contributed by atoms with Gasteiger partial charge in [-0.15, -0.1) is 10.2 Å². The molecule has 1 heterocycles. The molecule has 24 heavy (non-hydrogen) atoms. The van der Waals surface area contributed by atoms with E-state index < -0.39 is 6.04 Å². The summed E-state index contributed by atoms with van der Waals surface area (Å²) in [5.41, 5.74) is 1.47. The lowest BCUT2D eigenvalue weighted by Crippen LogP contribution is -2.43. The molecular weight excluding hydrogens is 310 g/mol. The normalized spacial score (nSPS) is 14.9. The summed E-state index contributed by atoms with van der Waals surface area (Å²) in [7, 11) is 0. The van der Waals surface area contributed by atoms with E-state index in [0.717, 1.165) is 18.4 Å². The molecule has 0 saturated heterocycles. The van der Waals surface area contributed by atoms with Gasteiger partial charge in [-0.2, -0.15) is 5.21 Å². The molecule has 1 atom stereocenters.